The molecule has 0 radical (unpaired) electrons. The largest absolute Gasteiger partial charge is 0.337 e. The first-order valence-corrected chi connectivity index (χ1v) is 6.26. The van der Waals surface area contributed by atoms with E-state index in [1.807, 2.05) is 6.20 Å². The SMILES string of the molecule is CC(n1c(C(C)(C)C)c[nH]c1=S)C(C)(C)C. The summed E-state index contributed by atoms with van der Waals surface area (Å²) in [5.74, 6) is 0. The molecule has 2 nitrogen and oxygen atoms in total. The molecule has 1 heterocycles. The molecule has 0 aromatic carbocycles. The molecule has 0 amide bonds. The van der Waals surface area contributed by atoms with Crippen LogP contribution in [0.5, 0.6) is 0 Å². The molecule has 1 aromatic heterocycles. The molecule has 1 aromatic rings. The van der Waals surface area contributed by atoms with E-state index in [-0.39, 0.29) is 10.8 Å². The summed E-state index contributed by atoms with van der Waals surface area (Å²) in [6, 6.07) is 0.389. The Balaban J connectivity index is 3.34. The van der Waals surface area contributed by atoms with Gasteiger partial charge in [-0.2, -0.15) is 0 Å². The summed E-state index contributed by atoms with van der Waals surface area (Å²) in [6.45, 7) is 15.6. The molecule has 0 aliphatic carbocycles. The minimum absolute atomic E-state index is 0.118. The van der Waals surface area contributed by atoms with E-state index in [0.717, 1.165) is 4.77 Å². The zero-order chi connectivity index (χ0) is 12.7. The molecule has 0 saturated heterocycles. The van der Waals surface area contributed by atoms with Crippen molar-refractivity contribution in [2.24, 2.45) is 5.41 Å². The van der Waals surface area contributed by atoms with Crippen LogP contribution in [0.25, 0.3) is 0 Å². The van der Waals surface area contributed by atoms with Gasteiger partial charge in [-0.15, -0.1) is 0 Å². The Morgan fingerprint density at radius 3 is 2.06 bits per heavy atom. The van der Waals surface area contributed by atoms with Crippen LogP contribution < -0.4 is 0 Å². The van der Waals surface area contributed by atoms with Gasteiger partial charge < -0.3 is 9.55 Å². The lowest BCUT2D eigenvalue weighted by molar-refractivity contribution is 0.249. The van der Waals surface area contributed by atoms with Crippen molar-refractivity contribution in [2.75, 3.05) is 0 Å². The second-order valence-electron chi connectivity index (χ2n) is 6.64. The van der Waals surface area contributed by atoms with Crippen molar-refractivity contribution in [3.05, 3.63) is 16.7 Å². The molecule has 3 heteroatoms. The van der Waals surface area contributed by atoms with Gasteiger partial charge in [-0.1, -0.05) is 41.5 Å². The average molecular weight is 240 g/mol. The van der Waals surface area contributed by atoms with Crippen LogP contribution in [0.15, 0.2) is 6.20 Å². The maximum absolute atomic E-state index is 5.39. The number of aromatic nitrogens is 2. The molecule has 1 N–H and O–H groups in total. The van der Waals surface area contributed by atoms with Gasteiger partial charge in [0.25, 0.3) is 0 Å². The van der Waals surface area contributed by atoms with Gasteiger partial charge in [0.1, 0.15) is 0 Å². The molecule has 0 fully saturated rings. The summed E-state index contributed by atoms with van der Waals surface area (Å²) in [7, 11) is 0. The molecule has 0 bridgehead atoms. The normalized spacial score (nSPS) is 15.2. The van der Waals surface area contributed by atoms with E-state index in [9.17, 15) is 0 Å². The summed E-state index contributed by atoms with van der Waals surface area (Å²) in [5, 5.41) is 0. The quantitative estimate of drug-likeness (QED) is 0.719. The molecule has 0 saturated carbocycles. The van der Waals surface area contributed by atoms with E-state index in [1.165, 1.54) is 5.69 Å². The van der Waals surface area contributed by atoms with Crippen LogP contribution in [-0.4, -0.2) is 9.55 Å². The number of nitrogens with one attached hydrogen (secondary N) is 1. The van der Waals surface area contributed by atoms with Crippen LogP contribution in [0, 0.1) is 10.2 Å². The fourth-order valence-corrected chi connectivity index (χ4v) is 2.04. The molecule has 92 valence electrons. The van der Waals surface area contributed by atoms with Crippen LogP contribution in [0.4, 0.5) is 0 Å². The third-order valence-electron chi connectivity index (χ3n) is 3.22. The van der Waals surface area contributed by atoms with Crippen molar-refractivity contribution in [1.29, 1.82) is 0 Å². The van der Waals surface area contributed by atoms with Crippen LogP contribution in [0.3, 0.4) is 0 Å². The van der Waals surface area contributed by atoms with E-state index in [0.29, 0.717) is 6.04 Å². The highest BCUT2D eigenvalue weighted by molar-refractivity contribution is 7.71. The summed E-state index contributed by atoms with van der Waals surface area (Å²) in [4.78, 5) is 3.17. The molecule has 1 atom stereocenters. The van der Waals surface area contributed by atoms with E-state index in [2.05, 4.69) is 58.0 Å². The third-order valence-corrected chi connectivity index (χ3v) is 3.53. The maximum Gasteiger partial charge on any atom is 0.177 e. The molecular formula is C13H24N2S. The lowest BCUT2D eigenvalue weighted by Gasteiger charge is -2.32. The first-order valence-electron chi connectivity index (χ1n) is 5.85. The summed E-state index contributed by atoms with van der Waals surface area (Å²) >= 11 is 5.39. The van der Waals surface area contributed by atoms with Gasteiger partial charge in [0.05, 0.1) is 0 Å². The Kier molecular flexibility index (Phi) is 3.39. The monoisotopic (exact) mass is 240 g/mol. The van der Waals surface area contributed by atoms with Crippen molar-refractivity contribution >= 4 is 12.2 Å². The van der Waals surface area contributed by atoms with Gasteiger partial charge >= 0.3 is 0 Å². The zero-order valence-electron chi connectivity index (χ0n) is 11.5. The van der Waals surface area contributed by atoms with Gasteiger partial charge in [0.2, 0.25) is 0 Å². The predicted molar refractivity (Wildman–Crippen MR) is 72.5 cm³/mol. The highest BCUT2D eigenvalue weighted by Crippen LogP contribution is 2.34. The topological polar surface area (TPSA) is 20.7 Å². The molecule has 0 aliphatic rings. The zero-order valence-corrected chi connectivity index (χ0v) is 12.3. The Bertz CT molecular complexity index is 412. The lowest BCUT2D eigenvalue weighted by Crippen LogP contribution is -2.27. The van der Waals surface area contributed by atoms with Gasteiger partial charge in [0.15, 0.2) is 4.77 Å². The summed E-state index contributed by atoms with van der Waals surface area (Å²) in [6.07, 6.45) is 2.05. The van der Waals surface area contributed by atoms with Gasteiger partial charge in [-0.05, 0) is 24.6 Å². The van der Waals surface area contributed by atoms with Crippen molar-refractivity contribution in [2.45, 2.75) is 59.9 Å². The van der Waals surface area contributed by atoms with Gasteiger partial charge in [-0.3, -0.25) is 0 Å². The Morgan fingerprint density at radius 1 is 1.19 bits per heavy atom. The second kappa shape index (κ2) is 4.02. The van der Waals surface area contributed by atoms with Crippen molar-refractivity contribution in [1.82, 2.24) is 9.55 Å². The van der Waals surface area contributed by atoms with Crippen LogP contribution in [0.1, 0.15) is 60.2 Å². The average Bonchev–Trinajstić information content (AvgIpc) is 2.43. The van der Waals surface area contributed by atoms with E-state index < -0.39 is 0 Å². The minimum Gasteiger partial charge on any atom is -0.337 e. The number of imidazole rings is 1. The molecule has 1 rings (SSSR count). The van der Waals surface area contributed by atoms with E-state index in [4.69, 9.17) is 12.2 Å². The van der Waals surface area contributed by atoms with Crippen LogP contribution in [-0.2, 0) is 5.41 Å². The predicted octanol–water partition coefficient (Wildman–Crippen LogP) is 4.45. The Labute approximate surface area is 104 Å². The van der Waals surface area contributed by atoms with Crippen molar-refractivity contribution in [3.63, 3.8) is 0 Å². The maximum atomic E-state index is 5.39. The van der Waals surface area contributed by atoms with Gasteiger partial charge in [-0.25, -0.2) is 0 Å². The van der Waals surface area contributed by atoms with Gasteiger partial charge in [0, 0.05) is 23.3 Å². The van der Waals surface area contributed by atoms with Crippen molar-refractivity contribution < 1.29 is 0 Å². The Morgan fingerprint density at radius 2 is 1.69 bits per heavy atom. The van der Waals surface area contributed by atoms with Crippen molar-refractivity contribution in [3.8, 4) is 0 Å². The number of hydrogen-bond donors (Lipinski definition) is 1. The number of nitrogens with zero attached hydrogens (tertiary/aromatic N) is 1. The minimum atomic E-state index is 0.118. The molecule has 0 spiro atoms. The number of rotatable bonds is 1. The second-order valence-corrected chi connectivity index (χ2v) is 7.03. The number of H-pyrrole nitrogens is 1. The van der Waals surface area contributed by atoms with Crippen LogP contribution >= 0.6 is 12.2 Å². The summed E-state index contributed by atoms with van der Waals surface area (Å²) < 4.78 is 3.09. The highest BCUT2D eigenvalue weighted by atomic mass is 32.1. The Hall–Kier alpha value is -0.570. The smallest absolute Gasteiger partial charge is 0.177 e. The first-order chi connectivity index (χ1) is 7.05. The molecule has 0 aliphatic heterocycles. The first kappa shape index (κ1) is 13.5. The molecule has 16 heavy (non-hydrogen) atoms. The fourth-order valence-electron chi connectivity index (χ4n) is 1.73. The van der Waals surface area contributed by atoms with E-state index >= 15 is 0 Å². The molecule has 1 unspecified atom stereocenters. The molecular weight excluding hydrogens is 216 g/mol. The fraction of sp³-hybridized carbons (Fsp3) is 0.769. The number of hydrogen-bond acceptors (Lipinski definition) is 1. The highest BCUT2D eigenvalue weighted by Gasteiger charge is 2.28. The van der Waals surface area contributed by atoms with E-state index in [1.54, 1.807) is 0 Å². The summed E-state index contributed by atoms with van der Waals surface area (Å²) in [5.41, 5.74) is 1.60. The lowest BCUT2D eigenvalue weighted by atomic mass is 9.86. The number of aromatic amines is 1. The van der Waals surface area contributed by atoms with Crippen LogP contribution in [0.2, 0.25) is 0 Å². The standard InChI is InChI=1S/C13H24N2S/c1-9(12(2,3)4)15-10(13(5,6)7)8-14-11(15)16/h8-9H,1-7H3,(H,14,16). The third kappa shape index (κ3) is 2.57.